The van der Waals surface area contributed by atoms with Crippen LogP contribution in [0.1, 0.15) is 36.7 Å². The first-order valence-corrected chi connectivity index (χ1v) is 6.74. The Bertz CT molecular complexity index is 468. The molecule has 1 heterocycles. The van der Waals surface area contributed by atoms with E-state index in [-0.39, 0.29) is 11.9 Å². The molecule has 0 radical (unpaired) electrons. The zero-order valence-electron chi connectivity index (χ0n) is 11.7. The van der Waals surface area contributed by atoms with Crippen molar-refractivity contribution in [2.45, 2.75) is 39.3 Å². The highest BCUT2D eigenvalue weighted by atomic mass is 16.5. The minimum atomic E-state index is -0.524. The Morgan fingerprint density at radius 2 is 2.16 bits per heavy atom. The van der Waals surface area contributed by atoms with E-state index in [2.05, 4.69) is 0 Å². The van der Waals surface area contributed by atoms with Gasteiger partial charge >= 0.3 is 0 Å². The average molecular weight is 263 g/mol. The van der Waals surface area contributed by atoms with Crippen LogP contribution in [0.3, 0.4) is 0 Å². The molecule has 1 aromatic rings. The minimum Gasteiger partial charge on any atom is -0.493 e. The number of hydrogen-bond acceptors (Lipinski definition) is 3. The maximum atomic E-state index is 12.5. The van der Waals surface area contributed by atoms with Crippen LogP contribution in [-0.2, 0) is 6.42 Å². The number of aliphatic hydroxyl groups is 1. The molecule has 1 unspecified atom stereocenters. The van der Waals surface area contributed by atoms with Crippen molar-refractivity contribution in [3.8, 4) is 5.75 Å². The number of hydrogen-bond donors (Lipinski definition) is 1. The number of amides is 1. The van der Waals surface area contributed by atoms with E-state index in [0.29, 0.717) is 18.7 Å². The van der Waals surface area contributed by atoms with E-state index in [0.717, 1.165) is 17.7 Å². The molecule has 4 heteroatoms. The molecule has 1 amide bonds. The van der Waals surface area contributed by atoms with Crippen molar-refractivity contribution in [3.05, 3.63) is 29.3 Å². The lowest BCUT2D eigenvalue weighted by Crippen LogP contribution is -2.41. The van der Waals surface area contributed by atoms with Crippen molar-refractivity contribution in [2.75, 3.05) is 13.2 Å². The number of rotatable bonds is 4. The molecule has 0 saturated carbocycles. The number of carbonyl (C=O) groups excluding carboxylic acids is 1. The van der Waals surface area contributed by atoms with Crippen LogP contribution in [0.25, 0.3) is 0 Å². The number of aliphatic hydroxyl groups excluding tert-OH is 1. The first-order chi connectivity index (χ1) is 8.99. The molecule has 1 atom stereocenters. The molecule has 19 heavy (non-hydrogen) atoms. The van der Waals surface area contributed by atoms with E-state index >= 15 is 0 Å². The predicted octanol–water partition coefficient (Wildman–Crippen LogP) is 1.85. The van der Waals surface area contributed by atoms with Gasteiger partial charge in [0, 0.05) is 24.6 Å². The molecule has 0 aliphatic carbocycles. The van der Waals surface area contributed by atoms with Crippen LogP contribution in [0.4, 0.5) is 0 Å². The lowest BCUT2D eigenvalue weighted by Gasteiger charge is -2.28. The molecule has 1 N–H and O–H groups in total. The second-order valence-corrected chi connectivity index (χ2v) is 5.32. The highest BCUT2D eigenvalue weighted by Gasteiger charge is 2.22. The molecular formula is C15H21NO3. The van der Waals surface area contributed by atoms with E-state index < -0.39 is 6.10 Å². The average Bonchev–Trinajstić information content (AvgIpc) is 2.81. The van der Waals surface area contributed by atoms with Crippen molar-refractivity contribution in [1.29, 1.82) is 0 Å². The smallest absolute Gasteiger partial charge is 0.254 e. The van der Waals surface area contributed by atoms with Gasteiger partial charge in [-0.2, -0.15) is 0 Å². The van der Waals surface area contributed by atoms with E-state index in [1.165, 1.54) is 0 Å². The molecule has 1 aliphatic heterocycles. The minimum absolute atomic E-state index is 0.0365. The third-order valence-corrected chi connectivity index (χ3v) is 3.28. The van der Waals surface area contributed by atoms with Gasteiger partial charge in [0.05, 0.1) is 12.7 Å². The zero-order chi connectivity index (χ0) is 14.0. The summed E-state index contributed by atoms with van der Waals surface area (Å²) in [7, 11) is 0. The Morgan fingerprint density at radius 1 is 1.42 bits per heavy atom. The van der Waals surface area contributed by atoms with Crippen molar-refractivity contribution in [3.63, 3.8) is 0 Å². The van der Waals surface area contributed by atoms with Gasteiger partial charge in [-0.3, -0.25) is 4.79 Å². The fourth-order valence-electron chi connectivity index (χ4n) is 2.30. The van der Waals surface area contributed by atoms with E-state index in [1.54, 1.807) is 17.9 Å². The number of ether oxygens (including phenoxy) is 1. The van der Waals surface area contributed by atoms with Gasteiger partial charge in [-0.05, 0) is 44.5 Å². The van der Waals surface area contributed by atoms with Crippen molar-refractivity contribution < 1.29 is 14.6 Å². The summed E-state index contributed by atoms with van der Waals surface area (Å²) in [6.07, 6.45) is 0.332. The third kappa shape index (κ3) is 3.07. The van der Waals surface area contributed by atoms with Crippen molar-refractivity contribution in [1.82, 2.24) is 4.90 Å². The van der Waals surface area contributed by atoms with Crippen molar-refractivity contribution >= 4 is 5.91 Å². The predicted molar refractivity (Wildman–Crippen MR) is 73.5 cm³/mol. The quantitative estimate of drug-likeness (QED) is 0.902. The second kappa shape index (κ2) is 5.61. The van der Waals surface area contributed by atoms with Gasteiger partial charge in [-0.25, -0.2) is 0 Å². The molecule has 104 valence electrons. The number of carbonyl (C=O) groups is 1. The Balaban J connectivity index is 2.21. The highest BCUT2D eigenvalue weighted by Crippen LogP contribution is 2.26. The Labute approximate surface area is 114 Å². The number of nitrogens with zero attached hydrogens (tertiary/aromatic N) is 1. The summed E-state index contributed by atoms with van der Waals surface area (Å²) < 4.78 is 5.44. The second-order valence-electron chi connectivity index (χ2n) is 5.32. The fraction of sp³-hybridized carbons (Fsp3) is 0.533. The van der Waals surface area contributed by atoms with Crippen LogP contribution in [0.5, 0.6) is 5.75 Å². The van der Waals surface area contributed by atoms with Gasteiger partial charge in [0.1, 0.15) is 5.75 Å². The zero-order valence-corrected chi connectivity index (χ0v) is 11.7. The summed E-state index contributed by atoms with van der Waals surface area (Å²) in [6.45, 7) is 6.64. The lowest BCUT2D eigenvalue weighted by molar-refractivity contribution is 0.0578. The SMILES string of the molecule is CC(O)CN(C(=O)c1ccc2c(c1)CCO2)C(C)C. The van der Waals surface area contributed by atoms with Gasteiger partial charge in [-0.1, -0.05) is 0 Å². The highest BCUT2D eigenvalue weighted by molar-refractivity contribution is 5.94. The third-order valence-electron chi connectivity index (χ3n) is 3.28. The van der Waals surface area contributed by atoms with E-state index in [9.17, 15) is 9.90 Å². The molecule has 0 saturated heterocycles. The van der Waals surface area contributed by atoms with Gasteiger partial charge in [0.15, 0.2) is 0 Å². The topological polar surface area (TPSA) is 49.8 Å². The molecule has 1 aliphatic rings. The summed E-state index contributed by atoms with van der Waals surface area (Å²) in [6, 6.07) is 5.62. The van der Waals surface area contributed by atoms with Crippen LogP contribution in [-0.4, -0.2) is 41.2 Å². The molecule has 0 bridgehead atoms. The van der Waals surface area contributed by atoms with Gasteiger partial charge in [-0.15, -0.1) is 0 Å². The normalized spacial score (nSPS) is 15.0. The molecule has 4 nitrogen and oxygen atoms in total. The summed E-state index contributed by atoms with van der Waals surface area (Å²) in [4.78, 5) is 14.2. The first-order valence-electron chi connectivity index (χ1n) is 6.74. The summed E-state index contributed by atoms with van der Waals surface area (Å²) in [5.74, 6) is 0.841. The van der Waals surface area contributed by atoms with Gasteiger partial charge in [0.25, 0.3) is 5.91 Å². The van der Waals surface area contributed by atoms with E-state index in [4.69, 9.17) is 4.74 Å². The summed E-state index contributed by atoms with van der Waals surface area (Å²) >= 11 is 0. The van der Waals surface area contributed by atoms with Crippen LogP contribution in [0.15, 0.2) is 18.2 Å². The lowest BCUT2D eigenvalue weighted by atomic mass is 10.1. The van der Waals surface area contributed by atoms with Gasteiger partial charge < -0.3 is 14.7 Å². The summed E-state index contributed by atoms with van der Waals surface area (Å²) in [5, 5.41) is 9.51. The molecule has 0 fully saturated rings. The summed E-state index contributed by atoms with van der Waals surface area (Å²) in [5.41, 5.74) is 1.75. The van der Waals surface area contributed by atoms with Crippen molar-refractivity contribution in [2.24, 2.45) is 0 Å². The maximum Gasteiger partial charge on any atom is 0.254 e. The molecule has 0 aromatic heterocycles. The molecule has 2 rings (SSSR count). The van der Waals surface area contributed by atoms with Gasteiger partial charge in [0.2, 0.25) is 0 Å². The monoisotopic (exact) mass is 263 g/mol. The van der Waals surface area contributed by atoms with Crippen LogP contribution >= 0.6 is 0 Å². The van der Waals surface area contributed by atoms with Crippen LogP contribution in [0.2, 0.25) is 0 Å². The standard InChI is InChI=1S/C15H21NO3/c1-10(2)16(9-11(3)17)15(18)13-4-5-14-12(8-13)6-7-19-14/h4-5,8,10-11,17H,6-7,9H2,1-3H3. The Hall–Kier alpha value is -1.55. The number of benzene rings is 1. The number of fused-ring (bicyclic) bond motifs is 1. The van der Waals surface area contributed by atoms with E-state index in [1.807, 2.05) is 26.0 Å². The maximum absolute atomic E-state index is 12.5. The molecule has 1 aromatic carbocycles. The van der Waals surface area contributed by atoms with Crippen LogP contribution < -0.4 is 4.74 Å². The molecular weight excluding hydrogens is 242 g/mol. The molecule has 0 spiro atoms. The first kappa shape index (κ1) is 13.9. The Kier molecular flexibility index (Phi) is 4.10. The fourth-order valence-corrected chi connectivity index (χ4v) is 2.30. The Morgan fingerprint density at radius 3 is 2.79 bits per heavy atom. The van der Waals surface area contributed by atoms with Crippen LogP contribution in [0, 0.1) is 0 Å². The largest absolute Gasteiger partial charge is 0.493 e.